The molecule has 3 saturated heterocycles. The largest absolute Gasteiger partial charge is 0.357 e. The van der Waals surface area contributed by atoms with Crippen LogP contribution in [-0.4, -0.2) is 109 Å². The highest BCUT2D eigenvalue weighted by Crippen LogP contribution is 2.16. The van der Waals surface area contributed by atoms with Crippen LogP contribution in [0.25, 0.3) is 0 Å². The third-order valence-electron chi connectivity index (χ3n) is 6.86. The van der Waals surface area contributed by atoms with Crippen LogP contribution in [0.1, 0.15) is 52.9 Å². The Kier molecular flexibility index (Phi) is 8.60. The van der Waals surface area contributed by atoms with Crippen molar-refractivity contribution in [2.75, 3.05) is 65.4 Å². The van der Waals surface area contributed by atoms with Gasteiger partial charge in [0, 0.05) is 58.4 Å². The smallest absolute Gasteiger partial charge is 0.239 e. The van der Waals surface area contributed by atoms with Gasteiger partial charge in [-0.2, -0.15) is 0 Å². The number of likely N-dealkylation sites (tertiary alicyclic amines) is 2. The van der Waals surface area contributed by atoms with Gasteiger partial charge in [-0.15, -0.1) is 0 Å². The van der Waals surface area contributed by atoms with E-state index in [0.717, 1.165) is 77.7 Å². The van der Waals surface area contributed by atoms with E-state index in [0.29, 0.717) is 11.9 Å². The van der Waals surface area contributed by atoms with E-state index in [9.17, 15) is 4.79 Å². The molecule has 7 nitrogen and oxygen atoms in total. The van der Waals surface area contributed by atoms with Crippen molar-refractivity contribution in [3.8, 4) is 0 Å². The summed E-state index contributed by atoms with van der Waals surface area (Å²) in [5.74, 6) is 1.35. The molecule has 3 aliphatic heterocycles. The van der Waals surface area contributed by atoms with Crippen LogP contribution in [0.2, 0.25) is 0 Å². The maximum atomic E-state index is 12.7. The number of nitrogens with one attached hydrogen (secondary N) is 1. The first-order valence-corrected chi connectivity index (χ1v) is 11.9. The molecule has 0 aliphatic carbocycles. The van der Waals surface area contributed by atoms with Crippen molar-refractivity contribution in [1.82, 2.24) is 24.9 Å². The molecule has 2 unspecified atom stereocenters. The molecule has 0 aromatic carbocycles. The predicted octanol–water partition coefficient (Wildman–Crippen LogP) is 1.45. The first-order valence-electron chi connectivity index (χ1n) is 11.9. The number of hydrogen-bond acceptors (Lipinski definition) is 4. The van der Waals surface area contributed by atoms with Gasteiger partial charge < -0.3 is 15.1 Å². The van der Waals surface area contributed by atoms with Crippen molar-refractivity contribution in [3.63, 3.8) is 0 Å². The summed E-state index contributed by atoms with van der Waals surface area (Å²) >= 11 is 0. The van der Waals surface area contributed by atoms with Gasteiger partial charge in [-0.3, -0.25) is 19.6 Å². The first-order chi connectivity index (χ1) is 14.1. The van der Waals surface area contributed by atoms with Crippen LogP contribution in [0, 0.1) is 0 Å². The molecule has 3 heterocycles. The highest BCUT2D eigenvalue weighted by Gasteiger charge is 2.30. The number of carbonyl (C=O) groups is 1. The molecule has 0 aromatic rings. The Morgan fingerprint density at radius 3 is 2.34 bits per heavy atom. The maximum absolute atomic E-state index is 12.7. The molecule has 0 saturated carbocycles. The number of nitrogens with zero attached hydrogens (tertiary/aromatic N) is 5. The van der Waals surface area contributed by atoms with Crippen LogP contribution in [0.4, 0.5) is 0 Å². The third kappa shape index (κ3) is 6.07. The number of piperazine rings is 1. The van der Waals surface area contributed by atoms with E-state index >= 15 is 0 Å². The van der Waals surface area contributed by atoms with Gasteiger partial charge in [0.25, 0.3) is 0 Å². The number of amides is 1. The molecule has 1 amide bonds. The fourth-order valence-corrected chi connectivity index (χ4v) is 4.88. The zero-order chi connectivity index (χ0) is 20.6. The molecule has 0 aromatic heterocycles. The van der Waals surface area contributed by atoms with E-state index in [1.54, 1.807) is 0 Å². The van der Waals surface area contributed by atoms with Crippen LogP contribution >= 0.6 is 0 Å². The topological polar surface area (TPSA) is 54.4 Å². The third-order valence-corrected chi connectivity index (χ3v) is 6.86. The minimum Gasteiger partial charge on any atom is -0.357 e. The summed E-state index contributed by atoms with van der Waals surface area (Å²) in [5.41, 5.74) is 0. The molecule has 3 aliphatic rings. The summed E-state index contributed by atoms with van der Waals surface area (Å²) in [5, 5.41) is 3.48. The summed E-state index contributed by atoms with van der Waals surface area (Å²) in [6.07, 6.45) is 6.33. The first kappa shape index (κ1) is 22.3. The highest BCUT2D eigenvalue weighted by molar-refractivity contribution is 5.82. The number of piperidine rings is 1. The fourth-order valence-electron chi connectivity index (χ4n) is 4.88. The SMILES string of the molecule is CCNC(=NCCN1CCCCC1C)N1CCN(C(C)C(=O)N2CCCC2)CC1. The lowest BCUT2D eigenvalue weighted by molar-refractivity contribution is -0.135. The molecule has 29 heavy (non-hydrogen) atoms. The average Bonchev–Trinajstić information content (AvgIpc) is 3.28. The second kappa shape index (κ2) is 11.2. The molecular weight excluding hydrogens is 364 g/mol. The molecule has 0 radical (unpaired) electrons. The zero-order valence-electron chi connectivity index (χ0n) is 18.9. The van der Waals surface area contributed by atoms with Crippen LogP contribution < -0.4 is 5.32 Å². The number of rotatable bonds is 6. The van der Waals surface area contributed by atoms with Crippen molar-refractivity contribution in [2.24, 2.45) is 4.99 Å². The Morgan fingerprint density at radius 2 is 1.69 bits per heavy atom. The number of guanidine groups is 1. The molecule has 1 N–H and O–H groups in total. The quantitative estimate of drug-likeness (QED) is 0.535. The molecule has 7 heteroatoms. The lowest BCUT2D eigenvalue weighted by atomic mass is 10.0. The van der Waals surface area contributed by atoms with Gasteiger partial charge in [-0.1, -0.05) is 6.42 Å². The number of aliphatic imine (C=N–C) groups is 1. The number of carbonyl (C=O) groups excluding carboxylic acids is 1. The summed E-state index contributed by atoms with van der Waals surface area (Å²) in [7, 11) is 0. The Morgan fingerprint density at radius 1 is 1.00 bits per heavy atom. The van der Waals surface area contributed by atoms with Gasteiger partial charge in [-0.25, -0.2) is 0 Å². The normalized spacial score (nSPS) is 26.0. The average molecular weight is 407 g/mol. The molecule has 166 valence electrons. The molecule has 3 rings (SSSR count). The maximum Gasteiger partial charge on any atom is 0.239 e. The monoisotopic (exact) mass is 406 g/mol. The van der Waals surface area contributed by atoms with E-state index in [4.69, 9.17) is 4.99 Å². The molecule has 2 atom stereocenters. The zero-order valence-corrected chi connectivity index (χ0v) is 18.9. The van der Waals surface area contributed by atoms with Crippen molar-refractivity contribution in [1.29, 1.82) is 0 Å². The van der Waals surface area contributed by atoms with Gasteiger partial charge >= 0.3 is 0 Å². The summed E-state index contributed by atoms with van der Waals surface area (Å²) in [6, 6.07) is 0.690. The van der Waals surface area contributed by atoms with Crippen LogP contribution in [0.3, 0.4) is 0 Å². The van der Waals surface area contributed by atoms with Crippen molar-refractivity contribution >= 4 is 11.9 Å². The van der Waals surface area contributed by atoms with E-state index in [2.05, 4.69) is 40.8 Å². The van der Waals surface area contributed by atoms with Crippen molar-refractivity contribution < 1.29 is 4.79 Å². The molecule has 0 bridgehead atoms. The van der Waals surface area contributed by atoms with E-state index in [-0.39, 0.29) is 6.04 Å². The molecular formula is C22H42N6O. The fraction of sp³-hybridized carbons (Fsp3) is 0.909. The number of hydrogen-bond donors (Lipinski definition) is 1. The second-order valence-electron chi connectivity index (χ2n) is 8.85. The minimum absolute atomic E-state index is 0.00429. The molecule has 3 fully saturated rings. The Balaban J connectivity index is 1.47. The lowest BCUT2D eigenvalue weighted by Gasteiger charge is -2.39. The second-order valence-corrected chi connectivity index (χ2v) is 8.85. The Labute approximate surface area is 177 Å². The highest BCUT2D eigenvalue weighted by atomic mass is 16.2. The van der Waals surface area contributed by atoms with Crippen LogP contribution in [0.5, 0.6) is 0 Å². The van der Waals surface area contributed by atoms with Gasteiger partial charge in [0.15, 0.2) is 5.96 Å². The Bertz CT molecular complexity index is 539. The van der Waals surface area contributed by atoms with Gasteiger partial charge in [0.2, 0.25) is 5.91 Å². The van der Waals surface area contributed by atoms with Crippen molar-refractivity contribution in [3.05, 3.63) is 0 Å². The van der Waals surface area contributed by atoms with Gasteiger partial charge in [0.05, 0.1) is 12.6 Å². The lowest BCUT2D eigenvalue weighted by Crippen LogP contribution is -2.57. The van der Waals surface area contributed by atoms with Gasteiger partial charge in [-0.05, 0) is 53.0 Å². The van der Waals surface area contributed by atoms with E-state index < -0.39 is 0 Å². The van der Waals surface area contributed by atoms with Crippen LogP contribution in [0.15, 0.2) is 4.99 Å². The van der Waals surface area contributed by atoms with E-state index in [1.807, 2.05) is 4.90 Å². The Hall–Kier alpha value is -1.34. The predicted molar refractivity (Wildman–Crippen MR) is 119 cm³/mol. The summed E-state index contributed by atoms with van der Waals surface area (Å²) < 4.78 is 0. The van der Waals surface area contributed by atoms with Crippen molar-refractivity contribution in [2.45, 2.75) is 65.0 Å². The van der Waals surface area contributed by atoms with Crippen LogP contribution in [-0.2, 0) is 4.79 Å². The minimum atomic E-state index is -0.00429. The summed E-state index contributed by atoms with van der Waals surface area (Å²) in [4.78, 5) is 27.0. The molecule has 0 spiro atoms. The van der Waals surface area contributed by atoms with E-state index in [1.165, 1.54) is 25.8 Å². The summed E-state index contributed by atoms with van der Waals surface area (Å²) in [6.45, 7) is 16.2. The standard InChI is InChI=1S/C22H42N6O/c1-4-23-22(24-10-14-25-11-6-5-9-19(25)2)28-17-15-26(16-18-28)20(3)21(29)27-12-7-8-13-27/h19-20H,4-18H2,1-3H3,(H,23,24). The van der Waals surface area contributed by atoms with Gasteiger partial charge in [0.1, 0.15) is 0 Å².